The number of rotatable bonds is 5. The molecular formula is C16H14N2O. The lowest BCUT2D eigenvalue weighted by molar-refractivity contribution is 0.0996. The largest absolute Gasteiger partial charge is 0.294 e. The van der Waals surface area contributed by atoms with Gasteiger partial charge in [-0.1, -0.05) is 24.3 Å². The molecule has 0 spiro atoms. The van der Waals surface area contributed by atoms with Crippen molar-refractivity contribution in [2.24, 2.45) is 10.2 Å². The van der Waals surface area contributed by atoms with Crippen LogP contribution in [-0.4, -0.2) is 5.78 Å². The Morgan fingerprint density at radius 2 is 1.53 bits per heavy atom. The summed E-state index contributed by atoms with van der Waals surface area (Å²) in [6, 6.07) is 16.6. The Kier molecular flexibility index (Phi) is 4.34. The number of allylic oxidation sites excluding steroid dienone is 1. The molecule has 2 rings (SSSR count). The average Bonchev–Trinajstić information content (AvgIpc) is 2.47. The second-order valence-corrected chi connectivity index (χ2v) is 4.00. The third-order valence-electron chi connectivity index (χ3n) is 2.56. The van der Waals surface area contributed by atoms with Gasteiger partial charge in [-0.3, -0.25) is 4.79 Å². The lowest BCUT2D eigenvalue weighted by Gasteiger charge is -1.98. The number of hydrogen-bond donors (Lipinski definition) is 0. The maximum Gasteiger partial charge on any atom is 0.166 e. The van der Waals surface area contributed by atoms with E-state index in [1.165, 1.54) is 0 Å². The summed E-state index contributed by atoms with van der Waals surface area (Å²) >= 11 is 0. The average molecular weight is 250 g/mol. The number of Topliss-reactive ketones (excluding diaryl/α,β-unsaturated/α-hetero) is 1. The van der Waals surface area contributed by atoms with Gasteiger partial charge in [-0.15, -0.1) is 6.58 Å². The number of nitrogens with zero attached hydrogens (tertiary/aromatic N) is 2. The van der Waals surface area contributed by atoms with Gasteiger partial charge < -0.3 is 0 Å². The number of ketones is 1. The maximum atomic E-state index is 11.6. The predicted molar refractivity (Wildman–Crippen MR) is 76.2 cm³/mol. The summed E-state index contributed by atoms with van der Waals surface area (Å²) < 4.78 is 0. The normalized spacial score (nSPS) is 10.5. The van der Waals surface area contributed by atoms with Gasteiger partial charge in [0.1, 0.15) is 0 Å². The highest BCUT2D eigenvalue weighted by Gasteiger charge is 2.02. The summed E-state index contributed by atoms with van der Waals surface area (Å²) in [5.41, 5.74) is 2.19. The highest BCUT2D eigenvalue weighted by atomic mass is 16.1. The number of carbonyl (C=O) groups is 1. The van der Waals surface area contributed by atoms with Crippen LogP contribution in [0.5, 0.6) is 0 Å². The van der Waals surface area contributed by atoms with Gasteiger partial charge in [0.2, 0.25) is 0 Å². The molecule has 0 unspecified atom stereocenters. The Morgan fingerprint density at radius 1 is 0.947 bits per heavy atom. The molecule has 0 amide bonds. The topological polar surface area (TPSA) is 41.8 Å². The Hall–Kier alpha value is -2.55. The molecule has 0 bridgehead atoms. The van der Waals surface area contributed by atoms with E-state index in [0.717, 1.165) is 11.4 Å². The van der Waals surface area contributed by atoms with E-state index in [2.05, 4.69) is 16.8 Å². The van der Waals surface area contributed by atoms with E-state index in [1.54, 1.807) is 30.3 Å². The fourth-order valence-corrected chi connectivity index (χ4v) is 1.57. The minimum atomic E-state index is 0.0570. The molecule has 0 heterocycles. The van der Waals surface area contributed by atoms with Crippen LogP contribution in [0.15, 0.2) is 77.5 Å². The van der Waals surface area contributed by atoms with Crippen molar-refractivity contribution in [1.29, 1.82) is 0 Å². The second kappa shape index (κ2) is 6.40. The molecule has 0 radical (unpaired) electrons. The zero-order valence-corrected chi connectivity index (χ0v) is 10.5. The van der Waals surface area contributed by atoms with Crippen molar-refractivity contribution < 1.29 is 4.79 Å². The molecule has 3 heteroatoms. The molecule has 0 N–H and O–H groups in total. The Morgan fingerprint density at radius 3 is 2.11 bits per heavy atom. The smallest absolute Gasteiger partial charge is 0.166 e. The molecule has 2 aromatic rings. The van der Waals surface area contributed by atoms with Crippen molar-refractivity contribution >= 4 is 17.2 Å². The number of azo groups is 1. The first-order valence-electron chi connectivity index (χ1n) is 6.00. The van der Waals surface area contributed by atoms with Crippen molar-refractivity contribution in [2.75, 3.05) is 0 Å². The third-order valence-corrected chi connectivity index (χ3v) is 2.56. The van der Waals surface area contributed by atoms with Gasteiger partial charge in [0.15, 0.2) is 5.78 Å². The van der Waals surface area contributed by atoms with Crippen LogP contribution in [-0.2, 0) is 0 Å². The van der Waals surface area contributed by atoms with Crippen LogP contribution in [0.2, 0.25) is 0 Å². The van der Waals surface area contributed by atoms with Gasteiger partial charge in [0.25, 0.3) is 0 Å². The Labute approximate surface area is 112 Å². The molecule has 0 aliphatic carbocycles. The first-order valence-corrected chi connectivity index (χ1v) is 6.00. The second-order valence-electron chi connectivity index (χ2n) is 4.00. The summed E-state index contributed by atoms with van der Waals surface area (Å²) in [7, 11) is 0. The molecular weight excluding hydrogens is 236 g/mol. The van der Waals surface area contributed by atoms with Crippen LogP contribution in [0.4, 0.5) is 11.4 Å². The first-order chi connectivity index (χ1) is 9.29. The standard InChI is InChI=1S/C16H14N2O/c1-2-6-16(19)13-9-11-15(12-10-13)18-17-14-7-4-3-5-8-14/h2-5,7-12H,1,6H2. The molecule has 0 fully saturated rings. The van der Waals surface area contributed by atoms with Gasteiger partial charge in [-0.25, -0.2) is 0 Å². The molecule has 0 atom stereocenters. The van der Waals surface area contributed by atoms with Gasteiger partial charge in [-0.2, -0.15) is 10.2 Å². The molecule has 0 aromatic heterocycles. The zero-order valence-electron chi connectivity index (χ0n) is 10.5. The van der Waals surface area contributed by atoms with E-state index < -0.39 is 0 Å². The van der Waals surface area contributed by atoms with Crippen molar-refractivity contribution in [2.45, 2.75) is 6.42 Å². The molecule has 94 valence electrons. The van der Waals surface area contributed by atoms with Crippen molar-refractivity contribution in [3.8, 4) is 0 Å². The van der Waals surface area contributed by atoms with Gasteiger partial charge in [0, 0.05) is 12.0 Å². The van der Waals surface area contributed by atoms with Crippen LogP contribution < -0.4 is 0 Å². The molecule has 3 nitrogen and oxygen atoms in total. The molecule has 2 aromatic carbocycles. The fraction of sp³-hybridized carbons (Fsp3) is 0.0625. The summed E-state index contributed by atoms with van der Waals surface area (Å²) in [5.74, 6) is 0.0570. The van der Waals surface area contributed by atoms with Crippen LogP contribution in [0.3, 0.4) is 0 Å². The monoisotopic (exact) mass is 250 g/mol. The SMILES string of the molecule is C=CCC(=O)c1ccc(N=Nc2ccccc2)cc1. The lowest BCUT2D eigenvalue weighted by atomic mass is 10.1. The number of carbonyl (C=O) groups excluding carboxylic acids is 1. The fourth-order valence-electron chi connectivity index (χ4n) is 1.57. The highest BCUT2D eigenvalue weighted by molar-refractivity contribution is 5.97. The Balaban J connectivity index is 2.09. The third kappa shape index (κ3) is 3.71. The summed E-state index contributed by atoms with van der Waals surface area (Å²) in [6.07, 6.45) is 1.95. The highest BCUT2D eigenvalue weighted by Crippen LogP contribution is 2.18. The van der Waals surface area contributed by atoms with E-state index in [-0.39, 0.29) is 5.78 Å². The first kappa shape index (κ1) is 12.9. The minimum absolute atomic E-state index is 0.0570. The van der Waals surface area contributed by atoms with Crippen LogP contribution >= 0.6 is 0 Å². The zero-order chi connectivity index (χ0) is 13.5. The van der Waals surface area contributed by atoms with E-state index in [0.29, 0.717) is 12.0 Å². The maximum absolute atomic E-state index is 11.6. The van der Waals surface area contributed by atoms with Crippen molar-refractivity contribution in [1.82, 2.24) is 0 Å². The minimum Gasteiger partial charge on any atom is -0.294 e. The van der Waals surface area contributed by atoms with Crippen LogP contribution in [0.25, 0.3) is 0 Å². The number of hydrogen-bond acceptors (Lipinski definition) is 3. The van der Waals surface area contributed by atoms with Crippen LogP contribution in [0.1, 0.15) is 16.8 Å². The van der Waals surface area contributed by atoms with Gasteiger partial charge in [0.05, 0.1) is 11.4 Å². The molecule has 0 aliphatic rings. The van der Waals surface area contributed by atoms with Crippen molar-refractivity contribution in [3.63, 3.8) is 0 Å². The lowest BCUT2D eigenvalue weighted by Crippen LogP contribution is -1.95. The van der Waals surface area contributed by atoms with Crippen LogP contribution in [0, 0.1) is 0 Å². The summed E-state index contributed by atoms with van der Waals surface area (Å²) in [5, 5.41) is 8.23. The predicted octanol–water partition coefficient (Wildman–Crippen LogP) is 4.86. The van der Waals surface area contributed by atoms with Gasteiger partial charge in [-0.05, 0) is 36.4 Å². The number of benzene rings is 2. The quantitative estimate of drug-likeness (QED) is 0.424. The van der Waals surface area contributed by atoms with E-state index >= 15 is 0 Å². The summed E-state index contributed by atoms with van der Waals surface area (Å²) in [4.78, 5) is 11.6. The molecule has 19 heavy (non-hydrogen) atoms. The van der Waals surface area contributed by atoms with E-state index in [1.807, 2.05) is 30.3 Å². The van der Waals surface area contributed by atoms with E-state index in [9.17, 15) is 4.79 Å². The Bertz CT molecular complexity index is 586. The molecule has 0 saturated heterocycles. The van der Waals surface area contributed by atoms with Crippen molar-refractivity contribution in [3.05, 3.63) is 72.8 Å². The molecule has 0 aliphatic heterocycles. The van der Waals surface area contributed by atoms with Gasteiger partial charge >= 0.3 is 0 Å². The summed E-state index contributed by atoms with van der Waals surface area (Å²) in [6.45, 7) is 3.55. The van der Waals surface area contributed by atoms with E-state index in [4.69, 9.17) is 0 Å². The molecule has 0 saturated carbocycles.